The maximum Gasteiger partial charge on any atom is 0.407 e. The Morgan fingerprint density at radius 1 is 0.733 bits per heavy atom. The van der Waals surface area contributed by atoms with Crippen LogP contribution in [0.25, 0.3) is 0 Å². The molecule has 3 heterocycles. The number of aryl methyl sites for hydroxylation is 2. The standard InChI is InChI=1S/C43H51N7O10/c1-44-27-43(28-47-35(51)16-20-48-36(52)12-13-37(48)53)29-50(40(56)17-21-49-38(54)14-15-39(49)55)41(43)45-18-22-58-24-25-59-23-19-46-42(57)60-34-26-32-8-3-2-6-30(32)10-11-31-7-4-5-9-33(31)34/h2-9,12-15,34,44H,10-11,16-29H2,1H3,(H,46,57)(H,47,51). The third kappa shape index (κ3) is 11.0. The number of likely N-dealkylation sites (tertiary alicyclic amines) is 1. The van der Waals surface area contributed by atoms with Crippen LogP contribution in [0.1, 0.15) is 41.2 Å². The molecule has 1 fully saturated rings. The second kappa shape index (κ2) is 20.8. The van der Waals surface area contributed by atoms with Crippen molar-refractivity contribution in [2.45, 2.75) is 38.2 Å². The largest absolute Gasteiger partial charge is 0.441 e. The number of benzene rings is 2. The van der Waals surface area contributed by atoms with E-state index >= 15 is 0 Å². The number of fused-ring (bicyclic) bond motifs is 2. The number of carbonyl (C=O) groups is 7. The Labute approximate surface area is 348 Å². The van der Waals surface area contributed by atoms with Crippen molar-refractivity contribution in [2.24, 2.45) is 10.4 Å². The van der Waals surface area contributed by atoms with Crippen molar-refractivity contribution in [3.8, 4) is 0 Å². The highest BCUT2D eigenvalue weighted by Gasteiger charge is 2.51. The lowest BCUT2D eigenvalue weighted by molar-refractivity contribution is -0.139. The first kappa shape index (κ1) is 43.5. The van der Waals surface area contributed by atoms with E-state index in [1.165, 1.54) is 21.6 Å². The summed E-state index contributed by atoms with van der Waals surface area (Å²) in [6.07, 6.45) is 5.87. The molecule has 0 aromatic heterocycles. The third-order valence-electron chi connectivity index (χ3n) is 10.8. The Bertz CT molecular complexity index is 2010. The Morgan fingerprint density at radius 2 is 1.33 bits per heavy atom. The van der Waals surface area contributed by atoms with Gasteiger partial charge in [-0.05, 0) is 42.1 Å². The number of rotatable bonds is 20. The van der Waals surface area contributed by atoms with Crippen LogP contribution >= 0.6 is 0 Å². The van der Waals surface area contributed by atoms with Crippen LogP contribution in [0, 0.1) is 5.41 Å². The highest BCUT2D eigenvalue weighted by Crippen LogP contribution is 2.34. The molecule has 7 amide bonds. The SMILES string of the molecule is CNCC1(CNC(=O)CCN2C(=O)C=CC2=O)CN(C(=O)CCN2C(=O)C=CC2=O)C1=NCCOCCOCCNC(=O)OC1Cc2ccccc2CCc2ccccc21. The molecule has 0 spiro atoms. The fourth-order valence-corrected chi connectivity index (χ4v) is 7.68. The molecule has 2 atom stereocenters. The van der Waals surface area contributed by atoms with Gasteiger partial charge in [0.2, 0.25) is 11.8 Å². The summed E-state index contributed by atoms with van der Waals surface area (Å²) in [5, 5.41) is 8.75. The quantitative estimate of drug-likeness (QED) is 0.127. The zero-order valence-corrected chi connectivity index (χ0v) is 33.7. The van der Waals surface area contributed by atoms with Gasteiger partial charge in [0.1, 0.15) is 11.9 Å². The van der Waals surface area contributed by atoms with Gasteiger partial charge in [0.25, 0.3) is 23.6 Å². The maximum absolute atomic E-state index is 13.4. The van der Waals surface area contributed by atoms with Crippen molar-refractivity contribution < 1.29 is 47.8 Å². The molecule has 1 saturated heterocycles. The smallest absolute Gasteiger partial charge is 0.407 e. The lowest BCUT2D eigenvalue weighted by atomic mass is 9.77. The number of nitrogens with zero attached hydrogens (tertiary/aromatic N) is 4. The molecule has 6 rings (SSSR count). The molecule has 2 aromatic rings. The number of hydrogen-bond donors (Lipinski definition) is 3. The number of ether oxygens (including phenoxy) is 3. The summed E-state index contributed by atoms with van der Waals surface area (Å²) in [7, 11) is 1.74. The number of aliphatic imine (C=N–C) groups is 1. The summed E-state index contributed by atoms with van der Waals surface area (Å²) in [5.74, 6) is -2.23. The molecule has 0 bridgehead atoms. The van der Waals surface area contributed by atoms with Gasteiger partial charge in [-0.2, -0.15) is 0 Å². The molecule has 3 N–H and O–H groups in total. The van der Waals surface area contributed by atoms with Crippen molar-refractivity contribution >= 4 is 47.4 Å². The molecular formula is C43H51N7O10. The molecule has 0 saturated carbocycles. The summed E-state index contributed by atoms with van der Waals surface area (Å²) >= 11 is 0. The number of imide groups is 2. The van der Waals surface area contributed by atoms with Crippen LogP contribution in [0.4, 0.5) is 4.79 Å². The van der Waals surface area contributed by atoms with Crippen LogP contribution in [-0.4, -0.2) is 141 Å². The average molecular weight is 826 g/mol. The molecule has 60 heavy (non-hydrogen) atoms. The second-order valence-electron chi connectivity index (χ2n) is 14.8. The summed E-state index contributed by atoms with van der Waals surface area (Å²) in [6, 6.07) is 16.3. The number of nitrogens with one attached hydrogen (secondary N) is 3. The molecule has 17 heteroatoms. The Hall–Kier alpha value is -6.04. The van der Waals surface area contributed by atoms with Crippen molar-refractivity contribution in [1.29, 1.82) is 0 Å². The van der Waals surface area contributed by atoms with E-state index in [1.807, 2.05) is 30.3 Å². The number of amidine groups is 1. The monoisotopic (exact) mass is 825 g/mol. The predicted molar refractivity (Wildman–Crippen MR) is 217 cm³/mol. The van der Waals surface area contributed by atoms with E-state index in [-0.39, 0.29) is 90.4 Å². The molecule has 2 aromatic carbocycles. The first-order valence-electron chi connectivity index (χ1n) is 20.2. The minimum atomic E-state index is -0.775. The van der Waals surface area contributed by atoms with Gasteiger partial charge in [-0.1, -0.05) is 48.5 Å². The van der Waals surface area contributed by atoms with E-state index in [0.29, 0.717) is 18.8 Å². The van der Waals surface area contributed by atoms with Crippen LogP contribution in [0.2, 0.25) is 0 Å². The predicted octanol–water partition coefficient (Wildman–Crippen LogP) is 1.02. The van der Waals surface area contributed by atoms with Gasteiger partial charge >= 0.3 is 6.09 Å². The fraction of sp³-hybridized carbons (Fsp3) is 0.442. The molecule has 318 valence electrons. The second-order valence-corrected chi connectivity index (χ2v) is 14.8. The summed E-state index contributed by atoms with van der Waals surface area (Å²) < 4.78 is 17.3. The van der Waals surface area contributed by atoms with Gasteiger partial charge < -0.3 is 30.2 Å². The molecule has 0 radical (unpaired) electrons. The minimum absolute atomic E-state index is 0.0698. The summed E-state index contributed by atoms with van der Waals surface area (Å²) in [5.41, 5.74) is 3.84. The maximum atomic E-state index is 13.4. The molecular weight excluding hydrogens is 775 g/mol. The topological polar surface area (TPSA) is 205 Å². The van der Waals surface area contributed by atoms with Crippen molar-refractivity contribution in [3.63, 3.8) is 0 Å². The highest BCUT2D eigenvalue weighted by atomic mass is 16.6. The lowest BCUT2D eigenvalue weighted by Gasteiger charge is -2.51. The molecule has 1 aliphatic carbocycles. The molecule has 4 aliphatic rings. The van der Waals surface area contributed by atoms with Crippen LogP contribution in [0.3, 0.4) is 0 Å². The Kier molecular flexibility index (Phi) is 15.1. The van der Waals surface area contributed by atoms with Crippen molar-refractivity contribution in [1.82, 2.24) is 30.7 Å². The van der Waals surface area contributed by atoms with Crippen LogP contribution in [0.5, 0.6) is 0 Å². The van der Waals surface area contributed by atoms with E-state index in [4.69, 9.17) is 19.2 Å². The molecule has 3 aliphatic heterocycles. The van der Waals surface area contributed by atoms with E-state index in [2.05, 4.69) is 34.1 Å². The van der Waals surface area contributed by atoms with Crippen LogP contribution < -0.4 is 16.0 Å². The van der Waals surface area contributed by atoms with Gasteiger partial charge in [-0.15, -0.1) is 0 Å². The lowest BCUT2D eigenvalue weighted by Crippen LogP contribution is -2.70. The van der Waals surface area contributed by atoms with Gasteiger partial charge in [-0.25, -0.2) is 4.79 Å². The highest BCUT2D eigenvalue weighted by molar-refractivity contribution is 6.14. The first-order valence-corrected chi connectivity index (χ1v) is 20.2. The normalized spacial score (nSPS) is 20.2. The zero-order valence-electron chi connectivity index (χ0n) is 33.7. The van der Waals surface area contributed by atoms with Gasteiger partial charge in [0, 0.05) is 82.8 Å². The zero-order chi connectivity index (χ0) is 42.5. The van der Waals surface area contributed by atoms with E-state index in [1.54, 1.807) is 7.05 Å². The number of amides is 7. The van der Waals surface area contributed by atoms with Gasteiger partial charge in [0.15, 0.2) is 0 Å². The number of hydrogen-bond acceptors (Lipinski definition) is 12. The van der Waals surface area contributed by atoms with Crippen LogP contribution in [0.15, 0.2) is 77.8 Å². The molecule has 2 unspecified atom stereocenters. The summed E-state index contributed by atoms with van der Waals surface area (Å²) in [4.78, 5) is 95.1. The summed E-state index contributed by atoms with van der Waals surface area (Å²) in [6.45, 7) is 1.88. The third-order valence-corrected chi connectivity index (χ3v) is 10.8. The minimum Gasteiger partial charge on any atom is -0.441 e. The van der Waals surface area contributed by atoms with Gasteiger partial charge in [-0.3, -0.25) is 48.5 Å². The van der Waals surface area contributed by atoms with Crippen molar-refractivity contribution in [3.05, 3.63) is 95.1 Å². The molecule has 17 nitrogen and oxygen atoms in total. The van der Waals surface area contributed by atoms with Crippen molar-refractivity contribution in [2.75, 3.05) is 79.3 Å². The Morgan fingerprint density at radius 3 is 2.02 bits per heavy atom. The van der Waals surface area contributed by atoms with Crippen LogP contribution in [-0.2, 0) is 62.2 Å². The number of carbonyl (C=O) groups excluding carboxylic acids is 7. The first-order chi connectivity index (χ1) is 29.1. The Balaban J connectivity index is 0.945. The van der Waals surface area contributed by atoms with E-state index < -0.39 is 41.2 Å². The fourth-order valence-electron chi connectivity index (χ4n) is 7.68. The van der Waals surface area contributed by atoms with Gasteiger partial charge in [0.05, 0.1) is 38.4 Å². The van der Waals surface area contributed by atoms with E-state index in [9.17, 15) is 33.6 Å². The number of alkyl carbamates (subject to hydrolysis) is 1. The van der Waals surface area contributed by atoms with E-state index in [0.717, 1.165) is 52.5 Å². The average Bonchev–Trinajstić information content (AvgIpc) is 3.74.